The molecule has 23 heavy (non-hydrogen) atoms. The van der Waals surface area contributed by atoms with Crippen LogP contribution >= 0.6 is 22.9 Å². The lowest BCUT2D eigenvalue weighted by Gasteiger charge is -2.14. The van der Waals surface area contributed by atoms with Crippen LogP contribution in [0, 0.1) is 5.82 Å². The number of benzene rings is 1. The van der Waals surface area contributed by atoms with Crippen LogP contribution in [0.15, 0.2) is 36.4 Å². The minimum Gasteiger partial charge on any atom is -0.374 e. The van der Waals surface area contributed by atoms with Gasteiger partial charge in [0.2, 0.25) is 0 Å². The molecule has 0 saturated heterocycles. The van der Waals surface area contributed by atoms with Gasteiger partial charge in [-0.25, -0.2) is 4.39 Å². The van der Waals surface area contributed by atoms with Crippen molar-refractivity contribution in [2.45, 2.75) is 6.10 Å². The van der Waals surface area contributed by atoms with Gasteiger partial charge >= 0.3 is 11.8 Å². The van der Waals surface area contributed by atoms with Crippen molar-refractivity contribution in [3.63, 3.8) is 0 Å². The SMILES string of the molecule is COC(CNC(=O)C(=O)Nc1ccccc1F)c1ccc(Cl)s1. The third kappa shape index (κ3) is 4.75. The summed E-state index contributed by atoms with van der Waals surface area (Å²) in [4.78, 5) is 24.4. The summed E-state index contributed by atoms with van der Waals surface area (Å²) >= 11 is 7.18. The summed E-state index contributed by atoms with van der Waals surface area (Å²) in [5.74, 6) is -2.44. The zero-order valence-electron chi connectivity index (χ0n) is 12.1. The maximum atomic E-state index is 13.4. The van der Waals surface area contributed by atoms with Gasteiger partial charge in [-0.3, -0.25) is 9.59 Å². The van der Waals surface area contributed by atoms with E-state index in [9.17, 15) is 14.0 Å². The molecule has 1 unspecified atom stereocenters. The number of carbonyl (C=O) groups is 2. The van der Waals surface area contributed by atoms with Gasteiger partial charge in [0.05, 0.1) is 10.0 Å². The number of amides is 2. The van der Waals surface area contributed by atoms with E-state index in [0.29, 0.717) is 4.34 Å². The van der Waals surface area contributed by atoms with Gasteiger partial charge < -0.3 is 15.4 Å². The van der Waals surface area contributed by atoms with E-state index in [1.54, 1.807) is 18.2 Å². The molecule has 5 nitrogen and oxygen atoms in total. The Morgan fingerprint density at radius 3 is 2.61 bits per heavy atom. The highest BCUT2D eigenvalue weighted by atomic mass is 35.5. The van der Waals surface area contributed by atoms with Crippen molar-refractivity contribution >= 4 is 40.4 Å². The molecule has 2 N–H and O–H groups in total. The lowest BCUT2D eigenvalue weighted by atomic mass is 10.3. The third-order valence-corrected chi connectivity index (χ3v) is 4.30. The lowest BCUT2D eigenvalue weighted by molar-refractivity contribution is -0.136. The van der Waals surface area contributed by atoms with Crippen molar-refractivity contribution in [2.75, 3.05) is 19.0 Å². The molecule has 0 aliphatic carbocycles. The highest BCUT2D eigenvalue weighted by Gasteiger charge is 2.19. The number of ether oxygens (including phenoxy) is 1. The molecule has 0 aliphatic heterocycles. The molecular formula is C15H14ClFN2O3S. The van der Waals surface area contributed by atoms with E-state index in [-0.39, 0.29) is 12.2 Å². The van der Waals surface area contributed by atoms with Crippen LogP contribution in [-0.2, 0) is 14.3 Å². The van der Waals surface area contributed by atoms with E-state index in [1.807, 2.05) is 0 Å². The standard InChI is InChI=1S/C15H14ClFN2O3S/c1-22-11(12-6-7-13(16)23-12)8-18-14(20)15(21)19-10-5-3-2-4-9(10)17/h2-7,11H,8H2,1H3,(H,18,20)(H,19,21). The van der Waals surface area contributed by atoms with Crippen LogP contribution in [0.3, 0.4) is 0 Å². The van der Waals surface area contributed by atoms with Crippen molar-refractivity contribution in [2.24, 2.45) is 0 Å². The maximum Gasteiger partial charge on any atom is 0.313 e. The average molecular weight is 357 g/mol. The second-order valence-electron chi connectivity index (χ2n) is 4.51. The molecule has 1 atom stereocenters. The summed E-state index contributed by atoms with van der Waals surface area (Å²) in [6.07, 6.45) is -0.419. The molecule has 8 heteroatoms. The van der Waals surface area contributed by atoms with Crippen LogP contribution < -0.4 is 10.6 Å². The zero-order chi connectivity index (χ0) is 16.8. The first kappa shape index (κ1) is 17.4. The third-order valence-electron chi connectivity index (χ3n) is 2.97. The zero-order valence-corrected chi connectivity index (χ0v) is 13.7. The molecule has 0 radical (unpaired) electrons. The van der Waals surface area contributed by atoms with E-state index in [1.165, 1.54) is 36.6 Å². The summed E-state index contributed by atoms with van der Waals surface area (Å²) in [5, 5.41) is 4.66. The molecule has 0 fully saturated rings. The molecular weight excluding hydrogens is 343 g/mol. The monoisotopic (exact) mass is 356 g/mol. The summed E-state index contributed by atoms with van der Waals surface area (Å²) in [5.41, 5.74) is -0.0546. The van der Waals surface area contributed by atoms with E-state index >= 15 is 0 Å². The van der Waals surface area contributed by atoms with E-state index in [4.69, 9.17) is 16.3 Å². The van der Waals surface area contributed by atoms with Crippen molar-refractivity contribution in [1.29, 1.82) is 0 Å². The van der Waals surface area contributed by atoms with E-state index in [2.05, 4.69) is 10.6 Å². The van der Waals surface area contributed by atoms with Gasteiger partial charge in [0.25, 0.3) is 0 Å². The van der Waals surface area contributed by atoms with E-state index in [0.717, 1.165) is 4.88 Å². The highest BCUT2D eigenvalue weighted by Crippen LogP contribution is 2.28. The van der Waals surface area contributed by atoms with Gasteiger partial charge in [-0.1, -0.05) is 23.7 Å². The molecule has 1 aromatic carbocycles. The Morgan fingerprint density at radius 2 is 2.00 bits per heavy atom. The number of nitrogens with one attached hydrogen (secondary N) is 2. The Hall–Kier alpha value is -1.96. The smallest absolute Gasteiger partial charge is 0.313 e. The molecule has 0 spiro atoms. The van der Waals surface area contributed by atoms with Crippen LogP contribution in [0.5, 0.6) is 0 Å². The molecule has 122 valence electrons. The summed E-state index contributed by atoms with van der Waals surface area (Å²) < 4.78 is 19.3. The minimum atomic E-state index is -0.950. The first-order chi connectivity index (χ1) is 11.0. The van der Waals surface area contributed by atoms with Gasteiger partial charge in [0.1, 0.15) is 11.9 Å². The number of halogens is 2. The van der Waals surface area contributed by atoms with Crippen molar-refractivity contribution < 1.29 is 18.7 Å². The van der Waals surface area contributed by atoms with Crippen LogP contribution in [0.4, 0.5) is 10.1 Å². The van der Waals surface area contributed by atoms with Crippen LogP contribution in [0.25, 0.3) is 0 Å². The molecule has 1 heterocycles. The maximum absolute atomic E-state index is 13.4. The van der Waals surface area contributed by atoms with Crippen molar-refractivity contribution in [3.8, 4) is 0 Å². The van der Waals surface area contributed by atoms with Crippen LogP contribution in [-0.4, -0.2) is 25.5 Å². The number of thiophene rings is 1. The Labute approximate surface area is 141 Å². The second-order valence-corrected chi connectivity index (χ2v) is 6.26. The van der Waals surface area contributed by atoms with E-state index < -0.39 is 23.7 Å². The van der Waals surface area contributed by atoms with Gasteiger partial charge in [-0.15, -0.1) is 11.3 Å². The first-order valence-corrected chi connectivity index (χ1v) is 7.82. The number of anilines is 1. The van der Waals surface area contributed by atoms with Crippen LogP contribution in [0.1, 0.15) is 11.0 Å². The predicted octanol–water partition coefficient (Wildman–Crippen LogP) is 2.98. The number of methoxy groups -OCH3 is 1. The van der Waals surface area contributed by atoms with Gasteiger partial charge in [0, 0.05) is 18.5 Å². The summed E-state index contributed by atoms with van der Waals surface area (Å²) in [6.45, 7) is 0.0941. The molecule has 2 aromatic rings. The Morgan fingerprint density at radius 1 is 1.26 bits per heavy atom. The largest absolute Gasteiger partial charge is 0.374 e. The van der Waals surface area contributed by atoms with Gasteiger partial charge in [0.15, 0.2) is 0 Å². The number of hydrogen-bond acceptors (Lipinski definition) is 4. The number of para-hydroxylation sites is 1. The lowest BCUT2D eigenvalue weighted by Crippen LogP contribution is -2.38. The number of hydrogen-bond donors (Lipinski definition) is 2. The fourth-order valence-corrected chi connectivity index (χ4v) is 2.95. The molecule has 2 amide bonds. The van der Waals surface area contributed by atoms with Crippen LogP contribution in [0.2, 0.25) is 4.34 Å². The Kier molecular flexibility index (Phi) is 6.09. The fourth-order valence-electron chi connectivity index (χ4n) is 1.81. The number of rotatable bonds is 5. The Balaban J connectivity index is 1.91. The highest BCUT2D eigenvalue weighted by molar-refractivity contribution is 7.16. The molecule has 0 saturated carbocycles. The average Bonchev–Trinajstić information content (AvgIpc) is 2.96. The quantitative estimate of drug-likeness (QED) is 0.809. The second kappa shape index (κ2) is 8.05. The van der Waals surface area contributed by atoms with Crippen molar-refractivity contribution in [3.05, 3.63) is 51.4 Å². The minimum absolute atomic E-state index is 0.0546. The summed E-state index contributed by atoms with van der Waals surface area (Å²) in [6, 6.07) is 9.10. The first-order valence-electron chi connectivity index (χ1n) is 6.63. The molecule has 0 bridgehead atoms. The molecule has 2 rings (SSSR count). The van der Waals surface area contributed by atoms with Gasteiger partial charge in [-0.2, -0.15) is 0 Å². The molecule has 1 aromatic heterocycles. The normalized spacial score (nSPS) is 11.8. The summed E-state index contributed by atoms with van der Waals surface area (Å²) in [7, 11) is 1.49. The molecule has 0 aliphatic rings. The number of carbonyl (C=O) groups excluding carboxylic acids is 2. The topological polar surface area (TPSA) is 67.4 Å². The van der Waals surface area contributed by atoms with Gasteiger partial charge in [-0.05, 0) is 24.3 Å². The Bertz CT molecular complexity index is 708. The predicted molar refractivity (Wildman–Crippen MR) is 87.1 cm³/mol. The van der Waals surface area contributed by atoms with Crippen molar-refractivity contribution in [1.82, 2.24) is 5.32 Å². The fraction of sp³-hybridized carbons (Fsp3) is 0.200.